The smallest absolute Gasteiger partial charge is 0.00268 e. The van der Waals surface area contributed by atoms with E-state index in [2.05, 4.69) is 36.4 Å². The highest BCUT2D eigenvalue weighted by atomic mass is 127. The minimum atomic E-state index is 0.983. The summed E-state index contributed by atoms with van der Waals surface area (Å²) >= 11 is 2.54. The largest absolute Gasteiger partial charge is 0.0861 e. The first kappa shape index (κ1) is 11.5. The van der Waals surface area contributed by atoms with Crippen molar-refractivity contribution in [3.8, 4) is 0 Å². The van der Waals surface area contributed by atoms with E-state index in [0.29, 0.717) is 0 Å². The Labute approximate surface area is 96.3 Å². The predicted octanol–water partition coefficient (Wildman–Crippen LogP) is 4.73. The van der Waals surface area contributed by atoms with Gasteiger partial charge in [-0.1, -0.05) is 47.1 Å². The van der Waals surface area contributed by atoms with Gasteiger partial charge in [0.25, 0.3) is 0 Å². The van der Waals surface area contributed by atoms with Crippen LogP contribution in [-0.2, 0) is 0 Å². The van der Waals surface area contributed by atoms with E-state index < -0.39 is 0 Å². The minimum Gasteiger partial charge on any atom is -0.0861 e. The van der Waals surface area contributed by atoms with Gasteiger partial charge in [0.15, 0.2) is 0 Å². The van der Waals surface area contributed by atoms with Gasteiger partial charge < -0.3 is 0 Å². The fourth-order valence-electron chi connectivity index (χ4n) is 2.06. The molecule has 0 aromatic carbocycles. The van der Waals surface area contributed by atoms with E-state index in [0.717, 1.165) is 5.92 Å². The molecule has 0 aromatic heterocycles. The molecule has 0 saturated heterocycles. The standard InChI is InChI=1S/C12H21I/c1-3-4-5-12-8-11(9-13)7-6-10(12)2/h11H,3-9H2,1-2H3. The monoisotopic (exact) mass is 292 g/mol. The van der Waals surface area contributed by atoms with Gasteiger partial charge in [-0.15, -0.1) is 0 Å². The van der Waals surface area contributed by atoms with E-state index in [1.807, 2.05) is 0 Å². The maximum atomic E-state index is 2.54. The van der Waals surface area contributed by atoms with Crippen LogP contribution in [0.3, 0.4) is 0 Å². The Kier molecular flexibility index (Phi) is 5.37. The molecule has 0 aliphatic heterocycles. The Morgan fingerprint density at radius 1 is 1.46 bits per heavy atom. The first-order valence-electron chi connectivity index (χ1n) is 5.51. The number of hydrogen-bond acceptors (Lipinski definition) is 0. The number of allylic oxidation sites excluding steroid dienone is 2. The van der Waals surface area contributed by atoms with Crippen molar-refractivity contribution in [1.29, 1.82) is 0 Å². The zero-order valence-corrected chi connectivity index (χ0v) is 11.1. The van der Waals surface area contributed by atoms with E-state index in [9.17, 15) is 0 Å². The lowest BCUT2D eigenvalue weighted by Crippen LogP contribution is -2.10. The van der Waals surface area contributed by atoms with Gasteiger partial charge in [-0.05, 0) is 44.9 Å². The van der Waals surface area contributed by atoms with Crippen LogP contribution in [0.5, 0.6) is 0 Å². The molecular weight excluding hydrogens is 271 g/mol. The third kappa shape index (κ3) is 3.61. The minimum absolute atomic E-state index is 0.983. The molecule has 0 radical (unpaired) electrons. The molecule has 76 valence electrons. The normalized spacial score (nSPS) is 23.8. The average molecular weight is 292 g/mol. The molecule has 1 aliphatic rings. The van der Waals surface area contributed by atoms with Crippen LogP contribution < -0.4 is 0 Å². The van der Waals surface area contributed by atoms with E-state index in [4.69, 9.17) is 0 Å². The van der Waals surface area contributed by atoms with E-state index in [1.165, 1.54) is 43.0 Å². The molecule has 1 unspecified atom stereocenters. The summed E-state index contributed by atoms with van der Waals surface area (Å²) in [5.41, 5.74) is 3.49. The average Bonchev–Trinajstić information content (AvgIpc) is 2.17. The highest BCUT2D eigenvalue weighted by molar-refractivity contribution is 14.1. The van der Waals surface area contributed by atoms with Crippen LogP contribution in [-0.4, -0.2) is 4.43 Å². The van der Waals surface area contributed by atoms with Crippen LogP contribution in [0.2, 0.25) is 0 Å². The summed E-state index contributed by atoms with van der Waals surface area (Å²) in [7, 11) is 0. The number of hydrogen-bond donors (Lipinski definition) is 0. The summed E-state index contributed by atoms with van der Waals surface area (Å²) in [4.78, 5) is 0. The zero-order chi connectivity index (χ0) is 9.68. The van der Waals surface area contributed by atoms with Gasteiger partial charge in [0.2, 0.25) is 0 Å². The molecule has 0 N–H and O–H groups in total. The second-order valence-corrected chi connectivity index (χ2v) is 5.13. The molecule has 0 spiro atoms. The molecule has 0 heterocycles. The number of unbranched alkanes of at least 4 members (excludes halogenated alkanes) is 1. The highest BCUT2D eigenvalue weighted by Gasteiger charge is 2.17. The fraction of sp³-hybridized carbons (Fsp3) is 0.833. The Morgan fingerprint density at radius 3 is 2.85 bits per heavy atom. The number of halogens is 1. The van der Waals surface area contributed by atoms with Crippen molar-refractivity contribution in [2.45, 2.75) is 52.4 Å². The van der Waals surface area contributed by atoms with Crippen molar-refractivity contribution in [2.75, 3.05) is 4.43 Å². The maximum absolute atomic E-state index is 2.54. The van der Waals surface area contributed by atoms with Gasteiger partial charge in [0.05, 0.1) is 0 Å². The zero-order valence-electron chi connectivity index (χ0n) is 8.91. The van der Waals surface area contributed by atoms with Gasteiger partial charge in [-0.2, -0.15) is 0 Å². The lowest BCUT2D eigenvalue weighted by Gasteiger charge is -2.24. The lowest BCUT2D eigenvalue weighted by molar-refractivity contribution is 0.495. The SMILES string of the molecule is CCCCC1=C(C)CCC(CI)C1. The predicted molar refractivity (Wildman–Crippen MR) is 68.5 cm³/mol. The molecule has 1 rings (SSSR count). The molecule has 0 amide bonds. The Balaban J connectivity index is 2.47. The molecule has 1 atom stereocenters. The molecule has 0 fully saturated rings. The van der Waals surface area contributed by atoms with Crippen molar-refractivity contribution < 1.29 is 0 Å². The van der Waals surface area contributed by atoms with Gasteiger partial charge in [0.1, 0.15) is 0 Å². The highest BCUT2D eigenvalue weighted by Crippen LogP contribution is 2.32. The van der Waals surface area contributed by atoms with Crippen LogP contribution >= 0.6 is 22.6 Å². The van der Waals surface area contributed by atoms with Gasteiger partial charge in [-0.25, -0.2) is 0 Å². The summed E-state index contributed by atoms with van der Waals surface area (Å²) < 4.78 is 1.35. The summed E-state index contributed by atoms with van der Waals surface area (Å²) in [5.74, 6) is 0.983. The molecular formula is C12H21I. The number of alkyl halides is 1. The van der Waals surface area contributed by atoms with Crippen LogP contribution in [0, 0.1) is 5.92 Å². The third-order valence-corrected chi connectivity index (χ3v) is 4.36. The van der Waals surface area contributed by atoms with Crippen molar-refractivity contribution in [1.82, 2.24) is 0 Å². The Morgan fingerprint density at radius 2 is 2.23 bits per heavy atom. The molecule has 1 heteroatoms. The van der Waals surface area contributed by atoms with E-state index >= 15 is 0 Å². The van der Waals surface area contributed by atoms with Crippen molar-refractivity contribution in [3.63, 3.8) is 0 Å². The quantitative estimate of drug-likeness (QED) is 0.399. The Hall–Kier alpha value is 0.470. The van der Waals surface area contributed by atoms with Crippen LogP contribution in [0.25, 0.3) is 0 Å². The summed E-state index contributed by atoms with van der Waals surface area (Å²) in [6.07, 6.45) is 8.30. The second-order valence-electron chi connectivity index (χ2n) is 4.25. The van der Waals surface area contributed by atoms with Gasteiger partial charge in [-0.3, -0.25) is 0 Å². The van der Waals surface area contributed by atoms with Crippen LogP contribution in [0.1, 0.15) is 52.4 Å². The first-order chi connectivity index (χ1) is 6.27. The molecule has 0 aromatic rings. The molecule has 0 nitrogen and oxygen atoms in total. The summed E-state index contributed by atoms with van der Waals surface area (Å²) in [5, 5.41) is 0. The van der Waals surface area contributed by atoms with E-state index in [-0.39, 0.29) is 0 Å². The second kappa shape index (κ2) is 6.05. The molecule has 0 saturated carbocycles. The van der Waals surface area contributed by atoms with Gasteiger partial charge in [0, 0.05) is 4.43 Å². The van der Waals surface area contributed by atoms with Crippen molar-refractivity contribution >= 4 is 22.6 Å². The lowest BCUT2D eigenvalue weighted by atomic mass is 9.83. The fourth-order valence-corrected chi connectivity index (χ4v) is 2.81. The molecule has 13 heavy (non-hydrogen) atoms. The summed E-state index contributed by atoms with van der Waals surface area (Å²) in [6.45, 7) is 4.63. The van der Waals surface area contributed by atoms with Gasteiger partial charge >= 0.3 is 0 Å². The van der Waals surface area contributed by atoms with Crippen LogP contribution in [0.4, 0.5) is 0 Å². The molecule has 0 bridgehead atoms. The maximum Gasteiger partial charge on any atom is 0.00268 e. The van der Waals surface area contributed by atoms with Crippen LogP contribution in [0.15, 0.2) is 11.1 Å². The third-order valence-electron chi connectivity index (χ3n) is 3.12. The number of rotatable bonds is 4. The van der Waals surface area contributed by atoms with Crippen molar-refractivity contribution in [2.24, 2.45) is 5.92 Å². The topological polar surface area (TPSA) is 0 Å². The summed E-state index contributed by atoms with van der Waals surface area (Å²) in [6, 6.07) is 0. The van der Waals surface area contributed by atoms with E-state index in [1.54, 1.807) is 11.1 Å². The first-order valence-corrected chi connectivity index (χ1v) is 7.04. The Bertz CT molecular complexity index is 182. The molecule has 1 aliphatic carbocycles. The van der Waals surface area contributed by atoms with Crippen molar-refractivity contribution in [3.05, 3.63) is 11.1 Å².